The number of unbranched alkanes of at least 4 members (excludes halogenated alkanes) is 50. The van der Waals surface area contributed by atoms with Crippen LogP contribution in [-0.4, -0.2) is 147 Å². The van der Waals surface area contributed by atoms with E-state index in [1.54, 1.807) is 0 Å². The molecule has 98 heavy (non-hydrogen) atoms. The predicted molar refractivity (Wildman–Crippen MR) is 422 cm³/mol. The number of esters is 3. The molecule has 0 fully saturated rings. The van der Waals surface area contributed by atoms with E-state index in [1.807, 2.05) is 0 Å². The molecule has 0 saturated carbocycles. The van der Waals surface area contributed by atoms with Gasteiger partial charge >= 0.3 is 17.9 Å². The zero-order valence-corrected chi connectivity index (χ0v) is 66.6. The fourth-order valence-corrected chi connectivity index (χ4v) is 14.0. The second-order valence-corrected chi connectivity index (χ2v) is 30.4. The summed E-state index contributed by atoms with van der Waals surface area (Å²) >= 11 is 0. The fourth-order valence-electron chi connectivity index (χ4n) is 14.0. The lowest BCUT2D eigenvalue weighted by molar-refractivity contribution is -0.144. The van der Waals surface area contributed by atoms with Crippen molar-refractivity contribution >= 4 is 17.9 Å². The van der Waals surface area contributed by atoms with Crippen LogP contribution in [0.2, 0.25) is 0 Å². The Bertz CT molecular complexity index is 1550. The molecule has 2 atom stereocenters. The van der Waals surface area contributed by atoms with Gasteiger partial charge in [-0.2, -0.15) is 0 Å². The second kappa shape index (κ2) is 80.8. The molecule has 0 aromatic rings. The molecule has 12 nitrogen and oxygen atoms in total. The molecule has 0 rings (SSSR count). The summed E-state index contributed by atoms with van der Waals surface area (Å²) in [6.07, 6.45) is 73.4. The fraction of sp³-hybridized carbons (Fsp3) is 0.965. The van der Waals surface area contributed by atoms with Gasteiger partial charge in [0.2, 0.25) is 0 Å². The number of carbonyl (C=O) groups is 3. The largest absolute Gasteiger partial charge is 0.466 e. The second-order valence-electron chi connectivity index (χ2n) is 30.4. The summed E-state index contributed by atoms with van der Waals surface area (Å²) in [7, 11) is 0. The van der Waals surface area contributed by atoms with Crippen molar-refractivity contribution in [3.63, 3.8) is 0 Å². The highest BCUT2D eigenvalue weighted by molar-refractivity contribution is 5.70. The third-order valence-corrected chi connectivity index (χ3v) is 20.4. The van der Waals surface area contributed by atoms with Crippen molar-refractivity contribution in [1.29, 1.82) is 0 Å². The number of rotatable bonds is 84. The van der Waals surface area contributed by atoms with Crippen LogP contribution in [-0.2, 0) is 28.6 Å². The topological polar surface area (TPSA) is 141 Å². The lowest BCUT2D eigenvalue weighted by atomic mass is 10.1. The molecule has 0 aliphatic heterocycles. The minimum Gasteiger partial charge on any atom is -0.466 e. The predicted octanol–water partition coefficient (Wildman–Crippen LogP) is 23.1. The third kappa shape index (κ3) is 75.3. The van der Waals surface area contributed by atoms with Crippen LogP contribution in [0.5, 0.6) is 0 Å². The van der Waals surface area contributed by atoms with E-state index in [0.29, 0.717) is 104 Å². The Labute approximate surface area is 610 Å². The first-order chi connectivity index (χ1) is 48.2. The van der Waals surface area contributed by atoms with E-state index in [0.717, 1.165) is 90.4 Å². The summed E-state index contributed by atoms with van der Waals surface area (Å²) in [4.78, 5) is 45.8. The minimum absolute atomic E-state index is 0.110. The average molecular weight is 1390 g/mol. The highest BCUT2D eigenvalue weighted by atomic mass is 16.5. The zero-order valence-electron chi connectivity index (χ0n) is 66.6. The average Bonchev–Trinajstić information content (AvgIpc) is 1.69. The number of aliphatic hydroxyl groups excluding tert-OH is 2. The molecule has 0 radical (unpaired) electrons. The van der Waals surface area contributed by atoms with Gasteiger partial charge in [0.05, 0.1) is 32.0 Å². The Kier molecular flexibility index (Phi) is 79.3. The number of hydrogen-bond acceptors (Lipinski definition) is 12. The van der Waals surface area contributed by atoms with Gasteiger partial charge in [-0.05, 0) is 110 Å². The van der Waals surface area contributed by atoms with Crippen LogP contribution in [0, 0.1) is 0 Å². The highest BCUT2D eigenvalue weighted by Gasteiger charge is 2.19. The summed E-state index contributed by atoms with van der Waals surface area (Å²) < 4.78 is 17.0. The van der Waals surface area contributed by atoms with E-state index >= 15 is 0 Å². The summed E-state index contributed by atoms with van der Waals surface area (Å²) in [5, 5.41) is 26.9. The van der Waals surface area contributed by atoms with Gasteiger partial charge < -0.3 is 44.4 Å². The highest BCUT2D eigenvalue weighted by Crippen LogP contribution is 2.18. The first-order valence-corrected chi connectivity index (χ1v) is 43.9. The molecular formula is C86H172N4O8. The molecule has 584 valence electrons. The summed E-state index contributed by atoms with van der Waals surface area (Å²) in [5.41, 5.74) is 0. The monoisotopic (exact) mass is 1390 g/mol. The van der Waals surface area contributed by atoms with Crippen molar-refractivity contribution in [3.05, 3.63) is 0 Å². The van der Waals surface area contributed by atoms with E-state index in [2.05, 4.69) is 54.6 Å². The molecule has 3 N–H and O–H groups in total. The van der Waals surface area contributed by atoms with Gasteiger partial charge in [-0.15, -0.1) is 0 Å². The summed E-state index contributed by atoms with van der Waals surface area (Å²) in [6, 6.07) is 0. The maximum atomic E-state index is 13.0. The number of ether oxygens (including phenoxy) is 3. The van der Waals surface area contributed by atoms with Crippen LogP contribution in [0.3, 0.4) is 0 Å². The van der Waals surface area contributed by atoms with Crippen LogP contribution in [0.15, 0.2) is 0 Å². The normalized spacial score (nSPS) is 12.4. The van der Waals surface area contributed by atoms with Gasteiger partial charge in [-0.1, -0.05) is 349 Å². The van der Waals surface area contributed by atoms with Crippen LogP contribution < -0.4 is 5.32 Å². The number of hydrogen-bond donors (Lipinski definition) is 3. The quantitative estimate of drug-likeness (QED) is 0.0303. The summed E-state index contributed by atoms with van der Waals surface area (Å²) in [6.45, 7) is 21.0. The summed E-state index contributed by atoms with van der Waals surface area (Å²) in [5.74, 6) is -0.379. The van der Waals surface area contributed by atoms with Gasteiger partial charge in [0.15, 0.2) is 0 Å². The molecule has 0 aliphatic carbocycles. The van der Waals surface area contributed by atoms with E-state index in [1.165, 1.54) is 295 Å². The molecule has 0 amide bonds. The maximum absolute atomic E-state index is 13.0. The van der Waals surface area contributed by atoms with E-state index in [4.69, 9.17) is 14.2 Å². The molecule has 0 aliphatic rings. The molecule has 0 bridgehead atoms. The van der Waals surface area contributed by atoms with Crippen molar-refractivity contribution in [2.75, 3.05) is 91.8 Å². The van der Waals surface area contributed by atoms with Crippen LogP contribution >= 0.6 is 0 Å². The van der Waals surface area contributed by atoms with Gasteiger partial charge in [0.1, 0.15) is 0 Å². The van der Waals surface area contributed by atoms with Crippen molar-refractivity contribution in [1.82, 2.24) is 20.0 Å². The molecule has 2 unspecified atom stereocenters. The Morgan fingerprint density at radius 1 is 0.255 bits per heavy atom. The van der Waals surface area contributed by atoms with E-state index in [-0.39, 0.29) is 17.9 Å². The molecular weight excluding hydrogens is 1220 g/mol. The Morgan fingerprint density at radius 3 is 0.704 bits per heavy atom. The lowest BCUT2D eigenvalue weighted by Gasteiger charge is -2.30. The molecule has 12 heteroatoms. The SMILES string of the molecule is CCCCCCCCCCCCCCN(CCCCN(CCCCCCCCCCCCCC)CC(O)CN(CCCC(=O)OCCCCCCCCCCCC)CCCC(=O)OCCCCCCCCCCCC)CC(O)CNCCCC(=O)OCCCCCCCCCCCC. The standard InChI is InChI=1S/C86H172N4O8/c1-6-11-16-21-26-31-36-38-40-45-50-55-69-88(79-82(91)78-87-68-62-65-84(93)96-75-59-52-47-42-33-28-23-18-13-8-3)71-57-58-72-89(70-56-51-46-41-39-37-32-27-22-17-12-7-2)80-83(92)81-90(73-63-66-85(94)97-76-60-53-48-43-34-29-24-19-14-9-4)74-64-67-86(95)98-77-61-54-49-44-35-30-25-20-15-10-5/h82-83,87,91-92H,6-81H2,1-5H3. The molecule has 0 aromatic carbocycles. The van der Waals surface area contributed by atoms with Crippen LogP contribution in [0.1, 0.15) is 433 Å². The Hall–Kier alpha value is -1.83. The van der Waals surface area contributed by atoms with Crippen LogP contribution in [0.25, 0.3) is 0 Å². The number of nitrogens with one attached hydrogen (secondary N) is 1. The molecule has 0 spiro atoms. The zero-order chi connectivity index (χ0) is 71.2. The molecule has 0 aromatic heterocycles. The lowest BCUT2D eigenvalue weighted by Crippen LogP contribution is -2.42. The first kappa shape index (κ1) is 96.2. The third-order valence-electron chi connectivity index (χ3n) is 20.4. The minimum atomic E-state index is -0.566. The molecule has 0 heterocycles. The van der Waals surface area contributed by atoms with Gasteiger partial charge in [-0.25, -0.2) is 0 Å². The number of nitrogens with zero attached hydrogens (tertiary/aromatic N) is 3. The van der Waals surface area contributed by atoms with Gasteiger partial charge in [0.25, 0.3) is 0 Å². The smallest absolute Gasteiger partial charge is 0.305 e. The van der Waals surface area contributed by atoms with Crippen molar-refractivity contribution in [2.45, 2.75) is 445 Å². The van der Waals surface area contributed by atoms with Crippen molar-refractivity contribution in [2.24, 2.45) is 0 Å². The van der Waals surface area contributed by atoms with E-state index in [9.17, 15) is 24.6 Å². The van der Waals surface area contributed by atoms with Gasteiger partial charge in [-0.3, -0.25) is 14.4 Å². The van der Waals surface area contributed by atoms with E-state index < -0.39 is 12.2 Å². The molecule has 0 saturated heterocycles. The first-order valence-electron chi connectivity index (χ1n) is 43.9. The van der Waals surface area contributed by atoms with Crippen LogP contribution in [0.4, 0.5) is 0 Å². The number of carbonyl (C=O) groups excluding carboxylic acids is 3. The maximum Gasteiger partial charge on any atom is 0.305 e. The van der Waals surface area contributed by atoms with Crippen molar-refractivity contribution < 1.29 is 38.8 Å². The Balaban J connectivity index is 5.75. The van der Waals surface area contributed by atoms with Gasteiger partial charge in [0, 0.05) is 45.4 Å². The number of aliphatic hydroxyl groups is 2. The van der Waals surface area contributed by atoms with Crippen molar-refractivity contribution in [3.8, 4) is 0 Å². The Morgan fingerprint density at radius 2 is 0.449 bits per heavy atom.